The fourth-order valence-electron chi connectivity index (χ4n) is 2.95. The Balaban J connectivity index is 2.43. The number of rotatable bonds is 2. The molecule has 2 rings (SSSR count). The maximum absolute atomic E-state index is 12.3. The molecule has 1 heterocycles. The van der Waals surface area contributed by atoms with Gasteiger partial charge in [-0.1, -0.05) is 19.1 Å². The van der Waals surface area contributed by atoms with Gasteiger partial charge in [-0.3, -0.25) is 19.3 Å². The SMILES string of the molecule is CC1C=CC2C(=O)N(C(C)C)C(=O)C2C1C(=O)O. The van der Waals surface area contributed by atoms with E-state index in [1.807, 2.05) is 0 Å². The quantitative estimate of drug-likeness (QED) is 0.584. The maximum Gasteiger partial charge on any atom is 0.307 e. The Hall–Kier alpha value is -1.65. The van der Waals surface area contributed by atoms with Crippen LogP contribution in [0.4, 0.5) is 0 Å². The summed E-state index contributed by atoms with van der Waals surface area (Å²) in [7, 11) is 0. The number of carbonyl (C=O) groups is 3. The highest BCUT2D eigenvalue weighted by Crippen LogP contribution is 2.41. The van der Waals surface area contributed by atoms with E-state index >= 15 is 0 Å². The van der Waals surface area contributed by atoms with Crippen molar-refractivity contribution in [3.8, 4) is 0 Å². The van der Waals surface area contributed by atoms with Gasteiger partial charge in [-0.25, -0.2) is 0 Å². The number of hydrogen-bond acceptors (Lipinski definition) is 3. The first-order valence-corrected chi connectivity index (χ1v) is 6.14. The van der Waals surface area contributed by atoms with Crippen molar-refractivity contribution in [1.82, 2.24) is 4.90 Å². The third-order valence-corrected chi connectivity index (χ3v) is 3.81. The number of amides is 2. The van der Waals surface area contributed by atoms with Crippen molar-refractivity contribution in [2.45, 2.75) is 26.8 Å². The van der Waals surface area contributed by atoms with Gasteiger partial charge in [0.2, 0.25) is 11.8 Å². The third-order valence-electron chi connectivity index (χ3n) is 3.81. The van der Waals surface area contributed by atoms with Crippen LogP contribution in [0.5, 0.6) is 0 Å². The number of carboxylic acid groups (broad SMARTS) is 1. The number of nitrogens with zero attached hydrogens (tertiary/aromatic N) is 1. The Bertz CT molecular complexity index is 440. The van der Waals surface area contributed by atoms with Gasteiger partial charge in [-0.15, -0.1) is 0 Å². The van der Waals surface area contributed by atoms with Gasteiger partial charge < -0.3 is 5.11 Å². The van der Waals surface area contributed by atoms with Gasteiger partial charge in [0.25, 0.3) is 0 Å². The predicted molar refractivity (Wildman–Crippen MR) is 63.4 cm³/mol. The fraction of sp³-hybridized carbons (Fsp3) is 0.615. The molecule has 4 atom stereocenters. The second-order valence-corrected chi connectivity index (χ2v) is 5.30. The van der Waals surface area contributed by atoms with Crippen LogP contribution in [0.15, 0.2) is 12.2 Å². The lowest BCUT2D eigenvalue weighted by Crippen LogP contribution is -2.40. The molecule has 1 N–H and O–H groups in total. The van der Waals surface area contributed by atoms with Crippen LogP contribution in [0.25, 0.3) is 0 Å². The minimum atomic E-state index is -1.01. The predicted octanol–water partition coefficient (Wildman–Crippen LogP) is 0.903. The molecule has 0 spiro atoms. The van der Waals surface area contributed by atoms with Crippen molar-refractivity contribution in [2.75, 3.05) is 0 Å². The monoisotopic (exact) mass is 251 g/mol. The maximum atomic E-state index is 12.3. The molecule has 1 fully saturated rings. The Labute approximate surface area is 105 Å². The van der Waals surface area contributed by atoms with Gasteiger partial charge in [0, 0.05) is 6.04 Å². The first-order chi connectivity index (χ1) is 8.36. The number of imide groups is 1. The van der Waals surface area contributed by atoms with Crippen molar-refractivity contribution >= 4 is 17.8 Å². The number of carboxylic acids is 1. The first-order valence-electron chi connectivity index (χ1n) is 6.14. The van der Waals surface area contributed by atoms with E-state index in [9.17, 15) is 19.5 Å². The summed E-state index contributed by atoms with van der Waals surface area (Å²) in [6.45, 7) is 5.29. The molecule has 5 heteroatoms. The molecule has 0 bridgehead atoms. The van der Waals surface area contributed by atoms with Gasteiger partial charge >= 0.3 is 5.97 Å². The number of allylic oxidation sites excluding steroid dienone is 1. The Morgan fingerprint density at radius 1 is 1.28 bits per heavy atom. The molecule has 4 unspecified atom stereocenters. The van der Waals surface area contributed by atoms with Crippen molar-refractivity contribution in [3.63, 3.8) is 0 Å². The van der Waals surface area contributed by atoms with E-state index < -0.39 is 23.7 Å². The minimum absolute atomic E-state index is 0.228. The zero-order valence-electron chi connectivity index (χ0n) is 10.7. The molecule has 1 aliphatic carbocycles. The Morgan fingerprint density at radius 3 is 2.39 bits per heavy atom. The fourth-order valence-corrected chi connectivity index (χ4v) is 2.95. The molecule has 98 valence electrons. The molecule has 0 saturated carbocycles. The molecule has 0 aromatic carbocycles. The topological polar surface area (TPSA) is 74.7 Å². The highest BCUT2D eigenvalue weighted by atomic mass is 16.4. The molecule has 5 nitrogen and oxygen atoms in total. The minimum Gasteiger partial charge on any atom is -0.481 e. The Morgan fingerprint density at radius 2 is 1.89 bits per heavy atom. The van der Waals surface area contributed by atoms with Crippen molar-refractivity contribution in [2.24, 2.45) is 23.7 Å². The molecule has 2 aliphatic rings. The molecular weight excluding hydrogens is 234 g/mol. The van der Waals surface area contributed by atoms with E-state index in [0.717, 1.165) is 0 Å². The summed E-state index contributed by atoms with van der Waals surface area (Å²) in [5, 5.41) is 9.27. The van der Waals surface area contributed by atoms with Crippen LogP contribution in [0, 0.1) is 23.7 Å². The second-order valence-electron chi connectivity index (χ2n) is 5.30. The van der Waals surface area contributed by atoms with Crippen molar-refractivity contribution in [1.29, 1.82) is 0 Å². The molecular formula is C13H17NO4. The number of hydrogen-bond donors (Lipinski definition) is 1. The van der Waals surface area contributed by atoms with Crippen molar-refractivity contribution in [3.05, 3.63) is 12.2 Å². The summed E-state index contributed by atoms with van der Waals surface area (Å²) in [5.41, 5.74) is 0. The molecule has 0 radical (unpaired) electrons. The van der Waals surface area contributed by atoms with E-state index in [4.69, 9.17) is 0 Å². The van der Waals surface area contributed by atoms with E-state index in [1.54, 1.807) is 32.9 Å². The molecule has 18 heavy (non-hydrogen) atoms. The summed E-state index contributed by atoms with van der Waals surface area (Å²) < 4.78 is 0. The lowest BCUT2D eigenvalue weighted by molar-refractivity contribution is -0.151. The number of aliphatic carboxylic acids is 1. The van der Waals surface area contributed by atoms with E-state index in [1.165, 1.54) is 4.90 Å². The summed E-state index contributed by atoms with van der Waals surface area (Å²) in [5.74, 6) is -3.99. The van der Waals surface area contributed by atoms with E-state index in [2.05, 4.69) is 0 Å². The van der Waals surface area contributed by atoms with Gasteiger partial charge in [0.1, 0.15) is 0 Å². The van der Waals surface area contributed by atoms with Gasteiger partial charge in [0.05, 0.1) is 17.8 Å². The number of fused-ring (bicyclic) bond motifs is 1. The average molecular weight is 251 g/mol. The number of likely N-dealkylation sites (tertiary alicyclic amines) is 1. The lowest BCUT2D eigenvalue weighted by Gasteiger charge is -2.28. The van der Waals surface area contributed by atoms with Crippen LogP contribution in [-0.4, -0.2) is 33.8 Å². The summed E-state index contributed by atoms with van der Waals surface area (Å²) >= 11 is 0. The van der Waals surface area contributed by atoms with Crippen LogP contribution in [0.1, 0.15) is 20.8 Å². The van der Waals surface area contributed by atoms with Crippen LogP contribution in [0.3, 0.4) is 0 Å². The summed E-state index contributed by atoms with van der Waals surface area (Å²) in [6.07, 6.45) is 3.42. The van der Waals surface area contributed by atoms with E-state index in [0.29, 0.717) is 0 Å². The van der Waals surface area contributed by atoms with Crippen LogP contribution >= 0.6 is 0 Å². The average Bonchev–Trinajstić information content (AvgIpc) is 2.50. The van der Waals surface area contributed by atoms with Crippen LogP contribution in [-0.2, 0) is 14.4 Å². The van der Waals surface area contributed by atoms with Crippen LogP contribution in [0.2, 0.25) is 0 Å². The normalized spacial score (nSPS) is 35.2. The van der Waals surface area contributed by atoms with Gasteiger partial charge in [0.15, 0.2) is 0 Å². The van der Waals surface area contributed by atoms with Crippen LogP contribution < -0.4 is 0 Å². The highest BCUT2D eigenvalue weighted by molar-refractivity contribution is 6.08. The highest BCUT2D eigenvalue weighted by Gasteiger charge is 2.55. The molecule has 1 saturated heterocycles. The zero-order valence-corrected chi connectivity index (χ0v) is 10.7. The molecule has 2 amide bonds. The largest absolute Gasteiger partial charge is 0.481 e. The van der Waals surface area contributed by atoms with Crippen molar-refractivity contribution < 1.29 is 19.5 Å². The molecule has 0 aromatic heterocycles. The molecule has 1 aliphatic heterocycles. The second kappa shape index (κ2) is 4.23. The first kappa shape index (κ1) is 12.8. The number of carbonyl (C=O) groups excluding carboxylic acids is 2. The Kier molecular flexibility index (Phi) is 3.00. The summed E-state index contributed by atoms with van der Waals surface area (Å²) in [4.78, 5) is 36.9. The zero-order chi connectivity index (χ0) is 13.6. The van der Waals surface area contributed by atoms with E-state index in [-0.39, 0.29) is 23.8 Å². The lowest BCUT2D eigenvalue weighted by atomic mass is 9.72. The summed E-state index contributed by atoms with van der Waals surface area (Å²) in [6, 6.07) is -0.228. The third kappa shape index (κ3) is 1.65. The van der Waals surface area contributed by atoms with Gasteiger partial charge in [-0.05, 0) is 19.8 Å². The molecule has 0 aromatic rings. The smallest absolute Gasteiger partial charge is 0.307 e. The van der Waals surface area contributed by atoms with Gasteiger partial charge in [-0.2, -0.15) is 0 Å². The standard InChI is InChI=1S/C13H17NO4/c1-6(2)14-11(15)8-5-4-7(3)9(13(17)18)10(8)12(14)16/h4-10H,1-3H3,(H,17,18).